The average molecular weight is 251 g/mol. The van der Waals surface area contributed by atoms with Gasteiger partial charge >= 0.3 is 6.18 Å². The molecule has 1 atom stereocenters. The number of phenols is 1. The summed E-state index contributed by atoms with van der Waals surface area (Å²) in [6.07, 6.45) is -5.21. The highest BCUT2D eigenvalue weighted by atomic mass is 19.4. The average Bonchev–Trinajstić information content (AvgIpc) is 2.17. The quantitative estimate of drug-likeness (QED) is 0.806. The Morgan fingerprint density at radius 1 is 1.35 bits per heavy atom. The minimum atomic E-state index is -4.24. The molecule has 1 aromatic rings. The second-order valence-corrected chi connectivity index (χ2v) is 3.87. The van der Waals surface area contributed by atoms with Crippen molar-refractivity contribution in [3.8, 4) is 5.75 Å². The summed E-state index contributed by atoms with van der Waals surface area (Å²) in [5, 5.41) is 11.9. The second kappa shape index (κ2) is 5.35. The van der Waals surface area contributed by atoms with Crippen LogP contribution >= 0.6 is 0 Å². The predicted molar refractivity (Wildman–Crippen MR) is 55.0 cm³/mol. The molecule has 17 heavy (non-hydrogen) atoms. The van der Waals surface area contributed by atoms with Crippen LogP contribution in [-0.4, -0.2) is 17.3 Å². The Morgan fingerprint density at radius 2 is 2.00 bits per heavy atom. The minimum Gasteiger partial charge on any atom is -0.508 e. The maximum absolute atomic E-state index is 12.8. The van der Waals surface area contributed by atoms with Gasteiger partial charge in [-0.05, 0) is 25.1 Å². The summed E-state index contributed by atoms with van der Waals surface area (Å²) >= 11 is 0. The SMILES string of the molecule is CC(CC(F)(F)F)NCc1cc(F)ccc1O. The molecule has 0 aromatic heterocycles. The molecule has 1 unspecified atom stereocenters. The van der Waals surface area contributed by atoms with Crippen molar-refractivity contribution >= 4 is 0 Å². The summed E-state index contributed by atoms with van der Waals surface area (Å²) in [7, 11) is 0. The predicted octanol–water partition coefficient (Wildman–Crippen LogP) is 2.96. The molecule has 0 radical (unpaired) electrons. The Morgan fingerprint density at radius 3 is 2.59 bits per heavy atom. The lowest BCUT2D eigenvalue weighted by Crippen LogP contribution is -2.30. The highest BCUT2D eigenvalue weighted by Crippen LogP contribution is 2.22. The summed E-state index contributed by atoms with van der Waals surface area (Å²) in [4.78, 5) is 0. The van der Waals surface area contributed by atoms with Crippen LogP contribution < -0.4 is 5.32 Å². The van der Waals surface area contributed by atoms with Crippen molar-refractivity contribution in [1.82, 2.24) is 5.32 Å². The molecule has 1 rings (SSSR count). The van der Waals surface area contributed by atoms with Gasteiger partial charge in [0, 0.05) is 18.2 Å². The standard InChI is InChI=1S/C11H13F4NO/c1-7(5-11(13,14)15)16-6-8-4-9(12)2-3-10(8)17/h2-4,7,16-17H,5-6H2,1H3. The first-order valence-corrected chi connectivity index (χ1v) is 5.05. The van der Waals surface area contributed by atoms with Crippen LogP contribution in [0, 0.1) is 5.82 Å². The van der Waals surface area contributed by atoms with Crippen molar-refractivity contribution < 1.29 is 22.7 Å². The first-order valence-electron chi connectivity index (χ1n) is 5.05. The van der Waals surface area contributed by atoms with Crippen LogP contribution in [0.25, 0.3) is 0 Å². The van der Waals surface area contributed by atoms with E-state index in [1.807, 2.05) is 0 Å². The Bertz CT molecular complexity index is 378. The summed E-state index contributed by atoms with van der Waals surface area (Å²) < 4.78 is 48.9. The normalized spacial score (nSPS) is 13.7. The number of hydrogen-bond acceptors (Lipinski definition) is 2. The molecule has 2 nitrogen and oxygen atoms in total. The van der Waals surface area contributed by atoms with Crippen molar-refractivity contribution in [3.05, 3.63) is 29.6 Å². The Labute approximate surface area is 96.3 Å². The number of alkyl halides is 3. The van der Waals surface area contributed by atoms with Crippen molar-refractivity contribution in [2.24, 2.45) is 0 Å². The number of phenolic OH excluding ortho intramolecular Hbond substituents is 1. The van der Waals surface area contributed by atoms with Crippen LogP contribution in [0.1, 0.15) is 18.9 Å². The zero-order valence-corrected chi connectivity index (χ0v) is 9.18. The molecule has 6 heteroatoms. The van der Waals surface area contributed by atoms with Gasteiger partial charge < -0.3 is 10.4 Å². The largest absolute Gasteiger partial charge is 0.508 e. The zero-order chi connectivity index (χ0) is 13.1. The fourth-order valence-corrected chi connectivity index (χ4v) is 1.40. The Hall–Kier alpha value is -1.30. The summed E-state index contributed by atoms with van der Waals surface area (Å²) in [5.41, 5.74) is 0.235. The van der Waals surface area contributed by atoms with Gasteiger partial charge in [0.15, 0.2) is 0 Å². The summed E-state index contributed by atoms with van der Waals surface area (Å²) in [5.74, 6) is -0.679. The number of halogens is 4. The van der Waals surface area contributed by atoms with E-state index >= 15 is 0 Å². The van der Waals surface area contributed by atoms with Crippen molar-refractivity contribution in [1.29, 1.82) is 0 Å². The van der Waals surface area contributed by atoms with Crippen molar-refractivity contribution in [2.75, 3.05) is 0 Å². The van der Waals surface area contributed by atoms with E-state index in [0.717, 1.165) is 12.1 Å². The Kier molecular flexibility index (Phi) is 4.34. The van der Waals surface area contributed by atoms with Crippen LogP contribution in [0.3, 0.4) is 0 Å². The van der Waals surface area contributed by atoms with Gasteiger partial charge in [0.05, 0.1) is 6.42 Å². The van der Waals surface area contributed by atoms with Gasteiger partial charge in [0.25, 0.3) is 0 Å². The fourth-order valence-electron chi connectivity index (χ4n) is 1.40. The number of rotatable bonds is 4. The van der Waals surface area contributed by atoms with Gasteiger partial charge in [0.1, 0.15) is 11.6 Å². The first kappa shape index (κ1) is 13.8. The molecule has 0 bridgehead atoms. The van der Waals surface area contributed by atoms with E-state index in [-0.39, 0.29) is 17.9 Å². The smallest absolute Gasteiger partial charge is 0.390 e. The molecule has 0 fully saturated rings. The summed E-state index contributed by atoms with van der Waals surface area (Å²) in [6, 6.07) is 2.54. The van der Waals surface area contributed by atoms with Crippen molar-refractivity contribution in [3.63, 3.8) is 0 Å². The van der Waals surface area contributed by atoms with Gasteiger partial charge in [-0.2, -0.15) is 13.2 Å². The van der Waals surface area contributed by atoms with E-state index in [2.05, 4.69) is 5.32 Å². The minimum absolute atomic E-state index is 0.0131. The molecule has 0 saturated carbocycles. The maximum atomic E-state index is 12.8. The van der Waals surface area contributed by atoms with Crippen LogP contribution in [0.5, 0.6) is 5.75 Å². The van der Waals surface area contributed by atoms with Gasteiger partial charge in [-0.3, -0.25) is 0 Å². The fraction of sp³-hybridized carbons (Fsp3) is 0.455. The number of hydrogen-bond donors (Lipinski definition) is 2. The van der Waals surface area contributed by atoms with E-state index < -0.39 is 24.5 Å². The zero-order valence-electron chi connectivity index (χ0n) is 9.18. The van der Waals surface area contributed by atoms with Gasteiger partial charge in [-0.1, -0.05) is 0 Å². The third-order valence-corrected chi connectivity index (χ3v) is 2.22. The molecular weight excluding hydrogens is 238 g/mol. The number of aromatic hydroxyl groups is 1. The topological polar surface area (TPSA) is 32.3 Å². The highest BCUT2D eigenvalue weighted by Gasteiger charge is 2.29. The van der Waals surface area contributed by atoms with E-state index in [1.54, 1.807) is 0 Å². The van der Waals surface area contributed by atoms with Crippen LogP contribution in [-0.2, 0) is 6.54 Å². The lowest BCUT2D eigenvalue weighted by molar-refractivity contribution is -0.139. The van der Waals surface area contributed by atoms with E-state index in [1.165, 1.54) is 13.0 Å². The molecule has 0 aliphatic carbocycles. The molecule has 0 amide bonds. The molecule has 0 spiro atoms. The monoisotopic (exact) mass is 251 g/mol. The highest BCUT2D eigenvalue weighted by molar-refractivity contribution is 5.32. The van der Waals surface area contributed by atoms with E-state index in [0.29, 0.717) is 0 Å². The molecular formula is C11H13F4NO. The lowest BCUT2D eigenvalue weighted by atomic mass is 10.1. The third kappa shape index (κ3) is 5.04. The number of nitrogens with one attached hydrogen (secondary N) is 1. The third-order valence-electron chi connectivity index (χ3n) is 2.22. The van der Waals surface area contributed by atoms with Crippen LogP contribution in [0.15, 0.2) is 18.2 Å². The first-order chi connectivity index (χ1) is 7.78. The lowest BCUT2D eigenvalue weighted by Gasteiger charge is -2.16. The van der Waals surface area contributed by atoms with Crippen LogP contribution in [0.2, 0.25) is 0 Å². The van der Waals surface area contributed by atoms with Crippen LogP contribution in [0.4, 0.5) is 17.6 Å². The molecule has 0 saturated heterocycles. The molecule has 96 valence electrons. The Balaban J connectivity index is 2.53. The molecule has 1 aromatic carbocycles. The molecule has 0 heterocycles. The maximum Gasteiger partial charge on any atom is 0.390 e. The van der Waals surface area contributed by atoms with E-state index in [4.69, 9.17) is 0 Å². The van der Waals surface area contributed by atoms with E-state index in [9.17, 15) is 22.7 Å². The van der Waals surface area contributed by atoms with Crippen molar-refractivity contribution in [2.45, 2.75) is 32.1 Å². The number of benzene rings is 1. The van der Waals surface area contributed by atoms with Gasteiger partial charge in [-0.25, -0.2) is 4.39 Å². The summed E-state index contributed by atoms with van der Waals surface area (Å²) in [6.45, 7) is 1.37. The molecule has 0 aliphatic heterocycles. The van der Waals surface area contributed by atoms with Gasteiger partial charge in [0.2, 0.25) is 0 Å². The molecule has 0 aliphatic rings. The van der Waals surface area contributed by atoms with Gasteiger partial charge in [-0.15, -0.1) is 0 Å². The second-order valence-electron chi connectivity index (χ2n) is 3.87. The molecule has 2 N–H and O–H groups in total.